The Morgan fingerprint density at radius 2 is 2.28 bits per heavy atom. The molecule has 0 aliphatic heterocycles. The van der Waals surface area contributed by atoms with Crippen molar-refractivity contribution in [1.82, 2.24) is 5.32 Å². The molecule has 0 radical (unpaired) electrons. The third kappa shape index (κ3) is 2.41. The van der Waals surface area contributed by atoms with Gasteiger partial charge in [-0.2, -0.15) is 0 Å². The van der Waals surface area contributed by atoms with Crippen LogP contribution in [0.4, 0.5) is 0 Å². The molecule has 0 fully saturated rings. The van der Waals surface area contributed by atoms with Crippen molar-refractivity contribution in [3.05, 3.63) is 34.3 Å². The van der Waals surface area contributed by atoms with E-state index < -0.39 is 0 Å². The summed E-state index contributed by atoms with van der Waals surface area (Å²) in [5.41, 5.74) is 2.87. The third-order valence-electron chi connectivity index (χ3n) is 3.82. The molecule has 0 bridgehead atoms. The molecule has 0 aromatic heterocycles. The Balaban J connectivity index is 2.34. The van der Waals surface area contributed by atoms with Gasteiger partial charge in [-0.1, -0.05) is 44.4 Å². The maximum absolute atomic E-state index is 6.12. The molecular weight excluding hydrogens is 242 g/mol. The van der Waals surface area contributed by atoms with E-state index in [-0.39, 0.29) is 17.5 Å². The zero-order valence-corrected chi connectivity index (χ0v) is 12.0. The first-order valence-corrected chi connectivity index (χ1v) is 6.86. The van der Waals surface area contributed by atoms with E-state index in [0.29, 0.717) is 0 Å². The van der Waals surface area contributed by atoms with Crippen LogP contribution in [0.3, 0.4) is 0 Å². The molecular formula is C16H20ClN. The Bertz CT molecular complexity index is 484. The summed E-state index contributed by atoms with van der Waals surface area (Å²) < 4.78 is 0. The highest BCUT2D eigenvalue weighted by atomic mass is 35.5. The molecule has 1 aliphatic carbocycles. The summed E-state index contributed by atoms with van der Waals surface area (Å²) in [5, 5.41) is 4.39. The number of benzene rings is 1. The number of hydrogen-bond donors (Lipinski definition) is 1. The van der Waals surface area contributed by atoms with Crippen molar-refractivity contribution in [2.45, 2.75) is 45.7 Å². The molecule has 1 aliphatic rings. The Morgan fingerprint density at radius 1 is 1.56 bits per heavy atom. The van der Waals surface area contributed by atoms with Crippen LogP contribution >= 0.6 is 11.6 Å². The van der Waals surface area contributed by atoms with Gasteiger partial charge < -0.3 is 0 Å². The van der Waals surface area contributed by atoms with Gasteiger partial charge in [-0.05, 0) is 41.5 Å². The lowest BCUT2D eigenvalue weighted by molar-refractivity contribution is 0.258. The van der Waals surface area contributed by atoms with Gasteiger partial charge in [0.25, 0.3) is 0 Å². The fourth-order valence-electron chi connectivity index (χ4n) is 2.81. The number of terminal acetylenes is 1. The van der Waals surface area contributed by atoms with Crippen LogP contribution in [0, 0.1) is 17.8 Å². The quantitative estimate of drug-likeness (QED) is 0.812. The summed E-state index contributed by atoms with van der Waals surface area (Å²) >= 11 is 6.12. The number of nitrogens with one attached hydrogen (secondary N) is 1. The van der Waals surface area contributed by atoms with Gasteiger partial charge in [0.15, 0.2) is 0 Å². The second-order valence-corrected chi connectivity index (χ2v) is 6.17. The van der Waals surface area contributed by atoms with E-state index in [4.69, 9.17) is 18.0 Å². The van der Waals surface area contributed by atoms with Crippen LogP contribution in [0.15, 0.2) is 18.2 Å². The van der Waals surface area contributed by atoms with Crippen molar-refractivity contribution in [2.24, 2.45) is 5.41 Å². The Morgan fingerprint density at radius 3 is 2.89 bits per heavy atom. The molecule has 0 saturated carbocycles. The molecule has 2 atom stereocenters. The normalized spacial score (nSPS) is 22.3. The lowest BCUT2D eigenvalue weighted by Gasteiger charge is -2.30. The second kappa shape index (κ2) is 4.96. The minimum atomic E-state index is 0.124. The van der Waals surface area contributed by atoms with E-state index in [1.54, 1.807) is 0 Å². The van der Waals surface area contributed by atoms with Crippen LogP contribution in [0.1, 0.15) is 44.4 Å². The number of rotatable bonds is 3. The van der Waals surface area contributed by atoms with E-state index >= 15 is 0 Å². The lowest BCUT2D eigenvalue weighted by atomic mass is 9.85. The van der Waals surface area contributed by atoms with Gasteiger partial charge >= 0.3 is 0 Å². The molecule has 0 heterocycles. The highest BCUT2D eigenvalue weighted by Crippen LogP contribution is 2.46. The zero-order valence-electron chi connectivity index (χ0n) is 11.3. The van der Waals surface area contributed by atoms with Gasteiger partial charge in [0.1, 0.15) is 0 Å². The first-order valence-electron chi connectivity index (χ1n) is 6.48. The Hall–Kier alpha value is -0.970. The average Bonchev–Trinajstić information content (AvgIpc) is 2.56. The molecule has 0 amide bonds. The van der Waals surface area contributed by atoms with Crippen molar-refractivity contribution >= 4 is 11.6 Å². The molecule has 1 nitrogen and oxygen atoms in total. The first-order chi connectivity index (χ1) is 8.47. The summed E-state index contributed by atoms with van der Waals surface area (Å²) in [4.78, 5) is 0. The molecule has 96 valence electrons. The topological polar surface area (TPSA) is 12.0 Å². The van der Waals surface area contributed by atoms with Gasteiger partial charge in [0, 0.05) is 11.1 Å². The standard InChI is InChI=1S/C16H20ClN/c1-5-13(6-2)18-15-14-9-12(17)8-7-11(14)10-16(15,3)4/h1,7-9,13,15,18H,6,10H2,2-4H3. The van der Waals surface area contributed by atoms with E-state index in [1.807, 2.05) is 6.07 Å². The summed E-state index contributed by atoms with van der Waals surface area (Å²) in [6.45, 7) is 6.67. The van der Waals surface area contributed by atoms with E-state index in [2.05, 4.69) is 44.1 Å². The van der Waals surface area contributed by atoms with Crippen LogP contribution in [0.5, 0.6) is 0 Å². The molecule has 2 unspecified atom stereocenters. The summed E-state index contributed by atoms with van der Waals surface area (Å²) in [6.07, 6.45) is 7.57. The minimum Gasteiger partial charge on any atom is -0.296 e. The van der Waals surface area contributed by atoms with E-state index in [9.17, 15) is 0 Å². The second-order valence-electron chi connectivity index (χ2n) is 5.74. The summed E-state index contributed by atoms with van der Waals surface area (Å²) in [5.74, 6) is 2.82. The monoisotopic (exact) mass is 261 g/mol. The van der Waals surface area contributed by atoms with Crippen molar-refractivity contribution in [3.8, 4) is 12.3 Å². The van der Waals surface area contributed by atoms with Crippen LogP contribution in [0.25, 0.3) is 0 Å². The molecule has 1 aromatic carbocycles. The Labute approximate surface area is 115 Å². The van der Waals surface area contributed by atoms with Gasteiger partial charge in [-0.15, -0.1) is 6.42 Å². The van der Waals surface area contributed by atoms with Crippen molar-refractivity contribution < 1.29 is 0 Å². The molecule has 2 rings (SSSR count). The van der Waals surface area contributed by atoms with Gasteiger partial charge in [0.2, 0.25) is 0 Å². The maximum atomic E-state index is 6.12. The molecule has 1 N–H and O–H groups in total. The number of fused-ring (bicyclic) bond motifs is 1. The molecule has 2 heteroatoms. The number of halogens is 1. The highest BCUT2D eigenvalue weighted by Gasteiger charge is 2.39. The predicted molar refractivity (Wildman–Crippen MR) is 77.7 cm³/mol. The SMILES string of the molecule is C#CC(CC)NC1c2cc(Cl)ccc2CC1(C)C. The predicted octanol–water partition coefficient (Wildman–Crippen LogP) is 3.96. The fraction of sp³-hybridized carbons (Fsp3) is 0.500. The van der Waals surface area contributed by atoms with Crippen molar-refractivity contribution in [3.63, 3.8) is 0 Å². The van der Waals surface area contributed by atoms with E-state index in [0.717, 1.165) is 17.9 Å². The fourth-order valence-corrected chi connectivity index (χ4v) is 2.99. The van der Waals surface area contributed by atoms with E-state index in [1.165, 1.54) is 11.1 Å². The largest absolute Gasteiger partial charge is 0.296 e. The molecule has 18 heavy (non-hydrogen) atoms. The van der Waals surface area contributed by atoms with Crippen LogP contribution < -0.4 is 5.32 Å². The maximum Gasteiger partial charge on any atom is 0.0689 e. The van der Waals surface area contributed by atoms with Crippen LogP contribution in [-0.2, 0) is 6.42 Å². The zero-order chi connectivity index (χ0) is 13.3. The lowest BCUT2D eigenvalue weighted by Crippen LogP contribution is -2.37. The molecule has 1 aromatic rings. The molecule has 0 spiro atoms. The van der Waals surface area contributed by atoms with Crippen LogP contribution in [-0.4, -0.2) is 6.04 Å². The van der Waals surface area contributed by atoms with Crippen LogP contribution in [0.2, 0.25) is 5.02 Å². The van der Waals surface area contributed by atoms with Gasteiger partial charge in [-0.25, -0.2) is 0 Å². The minimum absolute atomic E-state index is 0.124. The summed E-state index contributed by atoms with van der Waals surface area (Å²) in [6, 6.07) is 6.59. The van der Waals surface area contributed by atoms with Gasteiger partial charge in [0.05, 0.1) is 6.04 Å². The van der Waals surface area contributed by atoms with Crippen molar-refractivity contribution in [2.75, 3.05) is 0 Å². The average molecular weight is 262 g/mol. The number of hydrogen-bond acceptors (Lipinski definition) is 1. The van der Waals surface area contributed by atoms with Crippen molar-refractivity contribution in [1.29, 1.82) is 0 Å². The first kappa shape index (κ1) is 13.5. The highest BCUT2D eigenvalue weighted by molar-refractivity contribution is 6.30. The third-order valence-corrected chi connectivity index (χ3v) is 4.06. The molecule has 0 saturated heterocycles. The Kier molecular flexibility index (Phi) is 3.71. The summed E-state index contributed by atoms with van der Waals surface area (Å²) in [7, 11) is 0. The smallest absolute Gasteiger partial charge is 0.0689 e. The van der Waals surface area contributed by atoms with Gasteiger partial charge in [-0.3, -0.25) is 5.32 Å².